The van der Waals surface area contributed by atoms with Crippen LogP contribution < -0.4 is 0 Å². The Balaban J connectivity index is 1.68. The van der Waals surface area contributed by atoms with Gasteiger partial charge in [0.15, 0.2) is 0 Å². The molecule has 1 amide bonds. The van der Waals surface area contributed by atoms with Crippen LogP contribution in [-0.2, 0) is 9.53 Å². The second-order valence-electron chi connectivity index (χ2n) is 5.88. The number of aryl methyl sites for hydroxylation is 2. The summed E-state index contributed by atoms with van der Waals surface area (Å²) in [6, 6.07) is 0. The van der Waals surface area contributed by atoms with Gasteiger partial charge < -0.3 is 9.64 Å². The largest absolute Gasteiger partial charge is 0.381 e. The van der Waals surface area contributed by atoms with Crippen molar-refractivity contribution in [3.05, 3.63) is 15.6 Å². The average Bonchev–Trinajstić information content (AvgIpc) is 3.09. The Hall–Kier alpha value is -0.940. The lowest BCUT2D eigenvalue weighted by Gasteiger charge is -2.33. The van der Waals surface area contributed by atoms with Crippen molar-refractivity contribution in [1.82, 2.24) is 9.88 Å². The quantitative estimate of drug-likeness (QED) is 0.841. The molecule has 2 saturated heterocycles. The number of hydrogen-bond donors (Lipinski definition) is 0. The van der Waals surface area contributed by atoms with Gasteiger partial charge in [0, 0.05) is 30.5 Å². The van der Waals surface area contributed by atoms with Gasteiger partial charge in [-0.25, -0.2) is 4.98 Å². The third kappa shape index (κ3) is 2.74. The maximum absolute atomic E-state index is 12.5. The zero-order valence-corrected chi connectivity index (χ0v) is 13.0. The number of carbonyl (C=O) groups excluding carboxylic acids is 1. The van der Waals surface area contributed by atoms with Crippen LogP contribution >= 0.6 is 11.3 Å². The van der Waals surface area contributed by atoms with Gasteiger partial charge in [-0.1, -0.05) is 0 Å². The van der Waals surface area contributed by atoms with Gasteiger partial charge in [-0.3, -0.25) is 4.79 Å². The fourth-order valence-corrected chi connectivity index (χ4v) is 4.09. The van der Waals surface area contributed by atoms with Crippen LogP contribution in [-0.4, -0.2) is 42.1 Å². The average molecular weight is 294 g/mol. The summed E-state index contributed by atoms with van der Waals surface area (Å²) < 4.78 is 5.34. The van der Waals surface area contributed by atoms with Gasteiger partial charge in [-0.05, 0) is 33.1 Å². The minimum Gasteiger partial charge on any atom is -0.381 e. The first kappa shape index (κ1) is 14.0. The molecule has 20 heavy (non-hydrogen) atoms. The minimum atomic E-state index is 0.0912. The maximum Gasteiger partial charge on any atom is 0.228 e. The second kappa shape index (κ2) is 5.82. The van der Waals surface area contributed by atoms with E-state index in [2.05, 4.69) is 18.8 Å². The Morgan fingerprint density at radius 3 is 2.90 bits per heavy atom. The van der Waals surface area contributed by atoms with Crippen molar-refractivity contribution in [2.24, 2.45) is 5.92 Å². The molecule has 5 heteroatoms. The van der Waals surface area contributed by atoms with E-state index in [1.807, 2.05) is 4.90 Å². The molecular weight excluding hydrogens is 272 g/mol. The van der Waals surface area contributed by atoms with E-state index >= 15 is 0 Å². The second-order valence-corrected chi connectivity index (χ2v) is 7.11. The highest BCUT2D eigenvalue weighted by molar-refractivity contribution is 7.11. The lowest BCUT2D eigenvalue weighted by atomic mass is 9.97. The molecule has 0 N–H and O–H groups in total. The number of aromatic nitrogens is 1. The highest BCUT2D eigenvalue weighted by atomic mass is 32.1. The lowest BCUT2D eigenvalue weighted by Crippen LogP contribution is -2.42. The van der Waals surface area contributed by atoms with E-state index in [4.69, 9.17) is 4.74 Å². The van der Waals surface area contributed by atoms with E-state index in [-0.39, 0.29) is 11.8 Å². The van der Waals surface area contributed by atoms with Gasteiger partial charge in [-0.2, -0.15) is 0 Å². The summed E-state index contributed by atoms with van der Waals surface area (Å²) in [6.45, 7) is 7.26. The Labute approximate surface area is 124 Å². The first-order chi connectivity index (χ1) is 9.65. The first-order valence-electron chi connectivity index (χ1n) is 7.45. The third-order valence-electron chi connectivity index (χ3n) is 4.41. The Bertz CT molecular complexity index is 475. The summed E-state index contributed by atoms with van der Waals surface area (Å²) in [5, 5.41) is 1.21. The van der Waals surface area contributed by atoms with Crippen molar-refractivity contribution in [3.8, 4) is 0 Å². The van der Waals surface area contributed by atoms with Crippen molar-refractivity contribution in [3.63, 3.8) is 0 Å². The predicted octanol–water partition coefficient (Wildman–Crippen LogP) is 2.50. The van der Waals surface area contributed by atoms with Crippen molar-refractivity contribution in [2.45, 2.75) is 39.0 Å². The fraction of sp³-hybridized carbons (Fsp3) is 0.733. The van der Waals surface area contributed by atoms with E-state index in [1.165, 1.54) is 9.88 Å². The van der Waals surface area contributed by atoms with Gasteiger partial charge in [0.25, 0.3) is 0 Å². The number of piperidine rings is 1. The molecule has 110 valence electrons. The normalized spacial score (nSPS) is 27.0. The van der Waals surface area contributed by atoms with Crippen molar-refractivity contribution < 1.29 is 9.53 Å². The van der Waals surface area contributed by atoms with Crippen LogP contribution in [0.5, 0.6) is 0 Å². The molecule has 0 aromatic carbocycles. The molecule has 0 unspecified atom stereocenters. The number of thiazole rings is 1. The van der Waals surface area contributed by atoms with E-state index < -0.39 is 0 Å². The van der Waals surface area contributed by atoms with Crippen molar-refractivity contribution in [1.29, 1.82) is 0 Å². The van der Waals surface area contributed by atoms with Crippen LogP contribution in [0.4, 0.5) is 0 Å². The van der Waals surface area contributed by atoms with Crippen LogP contribution in [0.25, 0.3) is 0 Å². The summed E-state index contributed by atoms with van der Waals surface area (Å²) in [7, 11) is 0. The number of likely N-dealkylation sites (tertiary alicyclic amines) is 1. The minimum absolute atomic E-state index is 0.0912. The van der Waals surface area contributed by atoms with Gasteiger partial charge >= 0.3 is 0 Å². The molecule has 2 atom stereocenters. The molecule has 0 saturated carbocycles. The molecule has 0 bridgehead atoms. The van der Waals surface area contributed by atoms with Gasteiger partial charge in [-0.15, -0.1) is 11.3 Å². The van der Waals surface area contributed by atoms with Crippen LogP contribution in [0.2, 0.25) is 0 Å². The number of hydrogen-bond acceptors (Lipinski definition) is 4. The van der Waals surface area contributed by atoms with Gasteiger partial charge in [0.1, 0.15) is 0 Å². The summed E-state index contributed by atoms with van der Waals surface area (Å²) in [4.78, 5) is 20.5. The smallest absolute Gasteiger partial charge is 0.228 e. The number of rotatable bonds is 2. The zero-order chi connectivity index (χ0) is 14.1. The van der Waals surface area contributed by atoms with E-state index in [0.29, 0.717) is 12.5 Å². The summed E-state index contributed by atoms with van der Waals surface area (Å²) in [5.41, 5.74) is 1.14. The standard InChI is InChI=1S/C15H22N2O2S/c1-10-11(2)20-14(16-10)12-4-3-6-17(8-12)15(18)13-5-7-19-9-13/h12-13H,3-9H2,1-2H3/t12-,13-/m0/s1. The number of ether oxygens (including phenoxy) is 1. The SMILES string of the molecule is Cc1nc([C@H]2CCCN(C(=O)[C@H]3CCOC3)C2)sc1C. The number of amides is 1. The molecular formula is C15H22N2O2S. The maximum atomic E-state index is 12.5. The fourth-order valence-electron chi connectivity index (χ4n) is 3.04. The van der Waals surface area contributed by atoms with Crippen LogP contribution in [0.3, 0.4) is 0 Å². The summed E-state index contributed by atoms with van der Waals surface area (Å²) >= 11 is 1.79. The van der Waals surface area contributed by atoms with Gasteiger partial charge in [0.2, 0.25) is 5.91 Å². The highest BCUT2D eigenvalue weighted by Gasteiger charge is 2.32. The van der Waals surface area contributed by atoms with E-state index in [1.54, 1.807) is 11.3 Å². The predicted molar refractivity (Wildman–Crippen MR) is 79.1 cm³/mol. The molecule has 0 spiro atoms. The zero-order valence-electron chi connectivity index (χ0n) is 12.2. The molecule has 0 aliphatic carbocycles. The van der Waals surface area contributed by atoms with Crippen molar-refractivity contribution >= 4 is 17.2 Å². The van der Waals surface area contributed by atoms with E-state index in [0.717, 1.165) is 44.7 Å². The third-order valence-corrected chi connectivity index (χ3v) is 5.64. The van der Waals surface area contributed by atoms with E-state index in [9.17, 15) is 4.79 Å². The monoisotopic (exact) mass is 294 g/mol. The number of carbonyl (C=O) groups is 1. The lowest BCUT2D eigenvalue weighted by molar-refractivity contribution is -0.136. The van der Waals surface area contributed by atoms with Crippen LogP contribution in [0.1, 0.15) is 40.8 Å². The van der Waals surface area contributed by atoms with Gasteiger partial charge in [0.05, 0.1) is 23.2 Å². The molecule has 2 aliphatic heterocycles. The molecule has 4 nitrogen and oxygen atoms in total. The molecule has 1 aromatic rings. The van der Waals surface area contributed by atoms with Crippen molar-refractivity contribution in [2.75, 3.05) is 26.3 Å². The summed E-state index contributed by atoms with van der Waals surface area (Å²) in [5.74, 6) is 0.804. The van der Waals surface area contributed by atoms with Crippen LogP contribution in [0.15, 0.2) is 0 Å². The Morgan fingerprint density at radius 2 is 2.25 bits per heavy atom. The molecule has 1 aromatic heterocycles. The molecule has 3 rings (SSSR count). The Kier molecular flexibility index (Phi) is 4.08. The van der Waals surface area contributed by atoms with Crippen LogP contribution in [0, 0.1) is 19.8 Å². The molecule has 0 radical (unpaired) electrons. The summed E-state index contributed by atoms with van der Waals surface area (Å²) in [6.07, 6.45) is 3.12. The first-order valence-corrected chi connectivity index (χ1v) is 8.27. The molecule has 3 heterocycles. The highest BCUT2D eigenvalue weighted by Crippen LogP contribution is 2.32. The Morgan fingerprint density at radius 1 is 1.40 bits per heavy atom. The number of nitrogens with zero attached hydrogens (tertiary/aromatic N) is 2. The molecule has 2 aliphatic rings. The topological polar surface area (TPSA) is 42.4 Å². The molecule has 2 fully saturated rings.